The third kappa shape index (κ3) is 2.01. The lowest BCUT2D eigenvalue weighted by molar-refractivity contribution is 0.517. The summed E-state index contributed by atoms with van der Waals surface area (Å²) in [4.78, 5) is 0.526. The summed E-state index contributed by atoms with van der Waals surface area (Å²) in [6, 6.07) is 2.86. The van der Waals surface area contributed by atoms with Gasteiger partial charge in [-0.25, -0.2) is 8.78 Å². The highest BCUT2D eigenvalue weighted by Gasteiger charge is 2.24. The van der Waals surface area contributed by atoms with Gasteiger partial charge in [0.15, 0.2) is 0 Å². The molecule has 0 saturated carbocycles. The van der Waals surface area contributed by atoms with Gasteiger partial charge in [-0.2, -0.15) is 0 Å². The molecule has 82 valence electrons. The summed E-state index contributed by atoms with van der Waals surface area (Å²) in [5.41, 5.74) is 0.256. The summed E-state index contributed by atoms with van der Waals surface area (Å²) in [5.74, 6) is -0.813. The molecule has 4 heteroatoms. The predicted molar refractivity (Wildman–Crippen MR) is 58.4 cm³/mol. The van der Waals surface area contributed by atoms with Crippen LogP contribution >= 0.6 is 11.8 Å². The number of hydrogen-bond acceptors (Lipinski definition) is 2. The molecular weight excluding hydrogens is 216 g/mol. The topological polar surface area (TPSA) is 12.0 Å². The fourth-order valence-electron chi connectivity index (χ4n) is 1.98. The van der Waals surface area contributed by atoms with Crippen LogP contribution in [0.25, 0.3) is 0 Å². The molecule has 2 rings (SSSR count). The molecule has 1 N–H and O–H groups in total. The quantitative estimate of drug-likeness (QED) is 0.783. The molecule has 0 aliphatic carbocycles. The zero-order chi connectivity index (χ0) is 10.8. The molecule has 0 aromatic heterocycles. The lowest BCUT2D eigenvalue weighted by Crippen LogP contribution is -2.10. The van der Waals surface area contributed by atoms with E-state index in [1.165, 1.54) is 23.9 Å². The highest BCUT2D eigenvalue weighted by Crippen LogP contribution is 2.32. The van der Waals surface area contributed by atoms with E-state index in [4.69, 9.17) is 0 Å². The van der Waals surface area contributed by atoms with Gasteiger partial charge in [0.2, 0.25) is 0 Å². The second-order valence-electron chi connectivity index (χ2n) is 3.67. The average molecular weight is 229 g/mol. The van der Waals surface area contributed by atoms with E-state index in [0.29, 0.717) is 11.4 Å². The summed E-state index contributed by atoms with van der Waals surface area (Å²) in [6.45, 7) is 1.51. The van der Waals surface area contributed by atoms with Gasteiger partial charge in [0.25, 0.3) is 0 Å². The van der Waals surface area contributed by atoms with Crippen LogP contribution in [0.3, 0.4) is 0 Å². The van der Waals surface area contributed by atoms with Gasteiger partial charge >= 0.3 is 0 Å². The van der Waals surface area contributed by atoms with Gasteiger partial charge in [0.05, 0.1) is 0 Å². The van der Waals surface area contributed by atoms with Crippen molar-refractivity contribution in [2.24, 2.45) is 0 Å². The smallest absolute Gasteiger partial charge is 0.143 e. The Morgan fingerprint density at radius 3 is 2.80 bits per heavy atom. The number of rotatable bonds is 2. The largest absolute Gasteiger partial charge is 0.316 e. The number of thioether (sulfide) groups is 1. The van der Waals surface area contributed by atoms with E-state index in [-0.39, 0.29) is 17.3 Å². The van der Waals surface area contributed by atoms with E-state index >= 15 is 0 Å². The fourth-order valence-corrected chi connectivity index (χ4v) is 2.48. The van der Waals surface area contributed by atoms with Crippen molar-refractivity contribution in [2.75, 3.05) is 19.3 Å². The van der Waals surface area contributed by atoms with Crippen LogP contribution < -0.4 is 5.32 Å². The molecule has 0 bridgehead atoms. The van der Waals surface area contributed by atoms with Crippen molar-refractivity contribution in [3.8, 4) is 0 Å². The van der Waals surface area contributed by atoms with Crippen molar-refractivity contribution >= 4 is 11.8 Å². The van der Waals surface area contributed by atoms with Gasteiger partial charge in [-0.15, -0.1) is 11.8 Å². The Balaban J connectivity index is 2.43. The molecular formula is C11H13F2NS. The van der Waals surface area contributed by atoms with Crippen LogP contribution in [0.4, 0.5) is 8.78 Å². The van der Waals surface area contributed by atoms with Crippen molar-refractivity contribution < 1.29 is 8.78 Å². The summed E-state index contributed by atoms with van der Waals surface area (Å²) < 4.78 is 27.4. The summed E-state index contributed by atoms with van der Waals surface area (Å²) in [7, 11) is 0. The van der Waals surface area contributed by atoms with Crippen LogP contribution in [-0.4, -0.2) is 19.3 Å². The first kappa shape index (κ1) is 10.9. The van der Waals surface area contributed by atoms with Crippen molar-refractivity contribution in [3.63, 3.8) is 0 Å². The van der Waals surface area contributed by atoms with Crippen LogP contribution in [0.1, 0.15) is 17.9 Å². The van der Waals surface area contributed by atoms with Crippen LogP contribution in [0.15, 0.2) is 17.0 Å². The lowest BCUT2D eigenvalue weighted by Gasteiger charge is -2.13. The monoisotopic (exact) mass is 229 g/mol. The summed E-state index contributed by atoms with van der Waals surface area (Å²) in [5, 5.41) is 3.12. The maximum atomic E-state index is 13.9. The number of benzene rings is 1. The minimum absolute atomic E-state index is 0.0166. The Hall–Kier alpha value is -0.610. The van der Waals surface area contributed by atoms with Crippen LogP contribution in [-0.2, 0) is 0 Å². The van der Waals surface area contributed by atoms with E-state index < -0.39 is 5.82 Å². The standard InChI is InChI=1S/C11H13F2NS/c1-15-9-3-2-8(12)10(11(9)13)7-4-5-14-6-7/h2-3,7,14H,4-6H2,1H3. The van der Waals surface area contributed by atoms with E-state index in [2.05, 4.69) is 5.32 Å². The normalized spacial score (nSPS) is 20.9. The molecule has 1 nitrogen and oxygen atoms in total. The minimum atomic E-state index is -0.418. The fraction of sp³-hybridized carbons (Fsp3) is 0.455. The van der Waals surface area contributed by atoms with E-state index in [1.807, 2.05) is 0 Å². The lowest BCUT2D eigenvalue weighted by atomic mass is 9.97. The SMILES string of the molecule is CSc1ccc(F)c(C2CCNC2)c1F. The first-order valence-corrected chi connectivity index (χ1v) is 6.19. The van der Waals surface area contributed by atoms with Gasteiger partial charge in [-0.05, 0) is 31.4 Å². The highest BCUT2D eigenvalue weighted by atomic mass is 32.2. The van der Waals surface area contributed by atoms with Crippen LogP contribution in [0, 0.1) is 11.6 Å². The molecule has 1 aromatic carbocycles. The van der Waals surface area contributed by atoms with Gasteiger partial charge in [-0.1, -0.05) is 0 Å². The number of nitrogens with one attached hydrogen (secondary N) is 1. The molecule has 1 saturated heterocycles. The van der Waals surface area contributed by atoms with E-state index in [1.54, 1.807) is 6.26 Å². The van der Waals surface area contributed by atoms with Crippen molar-refractivity contribution in [1.29, 1.82) is 0 Å². The molecule has 1 heterocycles. The van der Waals surface area contributed by atoms with Gasteiger partial charge in [0.1, 0.15) is 11.6 Å². The zero-order valence-electron chi connectivity index (χ0n) is 8.52. The van der Waals surface area contributed by atoms with Crippen LogP contribution in [0.2, 0.25) is 0 Å². The maximum absolute atomic E-state index is 13.9. The summed E-state index contributed by atoms with van der Waals surface area (Å²) in [6.07, 6.45) is 2.61. The molecule has 1 aliphatic heterocycles. The molecule has 0 radical (unpaired) electrons. The Morgan fingerprint density at radius 1 is 1.40 bits per heavy atom. The highest BCUT2D eigenvalue weighted by molar-refractivity contribution is 7.98. The van der Waals surface area contributed by atoms with Gasteiger partial charge < -0.3 is 5.32 Å². The Labute approximate surface area is 92.3 Å². The Kier molecular flexibility index (Phi) is 3.26. The molecule has 1 atom stereocenters. The molecule has 1 fully saturated rings. The third-order valence-corrected chi connectivity index (χ3v) is 3.53. The minimum Gasteiger partial charge on any atom is -0.316 e. The van der Waals surface area contributed by atoms with Gasteiger partial charge in [-0.3, -0.25) is 0 Å². The number of halogens is 2. The zero-order valence-corrected chi connectivity index (χ0v) is 9.33. The second kappa shape index (κ2) is 4.49. The second-order valence-corrected chi connectivity index (χ2v) is 4.52. The Bertz CT molecular complexity index is 362. The van der Waals surface area contributed by atoms with Gasteiger partial charge in [0, 0.05) is 22.9 Å². The van der Waals surface area contributed by atoms with Crippen molar-refractivity contribution in [3.05, 3.63) is 29.3 Å². The van der Waals surface area contributed by atoms with Crippen molar-refractivity contribution in [1.82, 2.24) is 5.32 Å². The number of hydrogen-bond donors (Lipinski definition) is 1. The Morgan fingerprint density at radius 2 is 2.20 bits per heavy atom. The molecule has 0 spiro atoms. The predicted octanol–water partition coefficient (Wildman–Crippen LogP) is 2.76. The summed E-state index contributed by atoms with van der Waals surface area (Å²) >= 11 is 1.32. The molecule has 0 amide bonds. The maximum Gasteiger partial charge on any atom is 0.143 e. The molecule has 1 aliphatic rings. The van der Waals surface area contributed by atoms with Crippen LogP contribution in [0.5, 0.6) is 0 Å². The molecule has 15 heavy (non-hydrogen) atoms. The first-order valence-electron chi connectivity index (χ1n) is 4.96. The van der Waals surface area contributed by atoms with Crippen molar-refractivity contribution in [2.45, 2.75) is 17.2 Å². The molecule has 1 aromatic rings. The first-order chi connectivity index (χ1) is 7.24. The average Bonchev–Trinajstić information content (AvgIpc) is 2.71. The van der Waals surface area contributed by atoms with E-state index in [0.717, 1.165) is 13.0 Å². The van der Waals surface area contributed by atoms with E-state index in [9.17, 15) is 8.78 Å². The molecule has 1 unspecified atom stereocenters. The third-order valence-electron chi connectivity index (χ3n) is 2.78.